The summed E-state index contributed by atoms with van der Waals surface area (Å²) in [6.07, 6.45) is 5.83. The first-order valence-corrected chi connectivity index (χ1v) is 4.74. The van der Waals surface area contributed by atoms with Gasteiger partial charge in [-0.3, -0.25) is 0 Å². The van der Waals surface area contributed by atoms with E-state index in [0.717, 1.165) is 17.8 Å². The van der Waals surface area contributed by atoms with Crippen LogP contribution in [0.5, 0.6) is 0 Å². The van der Waals surface area contributed by atoms with Crippen molar-refractivity contribution in [3.63, 3.8) is 0 Å². The van der Waals surface area contributed by atoms with E-state index in [1.165, 1.54) is 25.7 Å². The summed E-state index contributed by atoms with van der Waals surface area (Å²) < 4.78 is 0. The molecule has 3 unspecified atom stereocenters. The van der Waals surface area contributed by atoms with Crippen LogP contribution in [0.3, 0.4) is 0 Å². The molecule has 1 aliphatic rings. The van der Waals surface area contributed by atoms with Gasteiger partial charge in [0, 0.05) is 1.43 Å². The Hall–Kier alpha value is -0.0400. The van der Waals surface area contributed by atoms with Crippen LogP contribution in [0.1, 0.15) is 47.9 Å². The second-order valence-electron chi connectivity index (χ2n) is 4.06. The molecule has 0 aliphatic heterocycles. The minimum absolute atomic E-state index is 0. The van der Waals surface area contributed by atoms with Gasteiger partial charge in [-0.2, -0.15) is 0 Å². The van der Waals surface area contributed by atoms with Gasteiger partial charge in [-0.25, -0.2) is 0 Å². The summed E-state index contributed by atoms with van der Waals surface area (Å²) in [7, 11) is 0. The van der Waals surface area contributed by atoms with Crippen LogP contribution in [0.2, 0.25) is 0 Å². The van der Waals surface area contributed by atoms with Gasteiger partial charge in [-0.15, -0.1) is 0 Å². The Bertz CT molecular complexity index is 106. The average molecular weight is 160 g/mol. The van der Waals surface area contributed by atoms with E-state index in [0.29, 0.717) is 0 Å². The molecule has 1 heteroatoms. The highest BCUT2D eigenvalue weighted by atomic mass is 16.0. The molecule has 0 spiro atoms. The summed E-state index contributed by atoms with van der Waals surface area (Å²) in [5, 5.41) is 0. The van der Waals surface area contributed by atoms with Crippen molar-refractivity contribution in [2.75, 3.05) is 0 Å². The molecule has 0 aromatic carbocycles. The third-order valence-electron chi connectivity index (χ3n) is 3.13. The molecule has 1 saturated carbocycles. The highest BCUT2D eigenvalue weighted by Gasteiger charge is 2.23. The maximum absolute atomic E-state index is 2.42. The molecule has 0 heterocycles. The third-order valence-corrected chi connectivity index (χ3v) is 3.13. The fourth-order valence-electron chi connectivity index (χ4n) is 2.33. The van der Waals surface area contributed by atoms with E-state index < -0.39 is 0 Å². The van der Waals surface area contributed by atoms with Crippen molar-refractivity contribution in [2.24, 2.45) is 17.8 Å². The van der Waals surface area contributed by atoms with Gasteiger partial charge in [0.2, 0.25) is 0 Å². The molecule has 0 amide bonds. The summed E-state index contributed by atoms with van der Waals surface area (Å²) in [6, 6.07) is 0. The molecule has 1 aliphatic carbocycles. The summed E-state index contributed by atoms with van der Waals surface area (Å²) in [5.74, 6) is 3.03. The van der Waals surface area contributed by atoms with Crippen molar-refractivity contribution in [1.29, 1.82) is 0 Å². The predicted octanol–water partition coefficient (Wildman–Crippen LogP) is 2.89. The van der Waals surface area contributed by atoms with Gasteiger partial charge in [0.15, 0.2) is 0 Å². The zero-order valence-corrected chi connectivity index (χ0v) is 8.06. The van der Waals surface area contributed by atoms with Crippen molar-refractivity contribution < 1.29 is 6.90 Å². The highest BCUT2D eigenvalue weighted by Crippen LogP contribution is 2.34. The molecular formula is C10H24O. The molecule has 70 valence electrons. The normalized spacial score (nSPS) is 37.9. The average Bonchev–Trinajstić information content (AvgIpc) is 1.88. The molecule has 0 saturated heterocycles. The minimum Gasteiger partial charge on any atom is -0.412 e. The van der Waals surface area contributed by atoms with Crippen molar-refractivity contribution in [2.45, 2.75) is 46.5 Å². The van der Waals surface area contributed by atoms with Gasteiger partial charge in [0.25, 0.3) is 0 Å². The summed E-state index contributed by atoms with van der Waals surface area (Å²) in [4.78, 5) is 0. The van der Waals surface area contributed by atoms with E-state index >= 15 is 0 Å². The second-order valence-corrected chi connectivity index (χ2v) is 4.06. The van der Waals surface area contributed by atoms with E-state index in [-0.39, 0.29) is 6.90 Å². The lowest BCUT2D eigenvalue weighted by Crippen LogP contribution is -2.20. The Balaban J connectivity index is 0. The molecule has 3 atom stereocenters. The van der Waals surface area contributed by atoms with Gasteiger partial charge < -0.3 is 5.48 Å². The molecule has 11 heavy (non-hydrogen) atoms. The molecular weight excluding hydrogens is 136 g/mol. The quantitative estimate of drug-likeness (QED) is 0.565. The number of rotatable bonds is 1. The van der Waals surface area contributed by atoms with Crippen LogP contribution in [0.15, 0.2) is 0 Å². The van der Waals surface area contributed by atoms with Gasteiger partial charge in [-0.1, -0.05) is 33.6 Å². The largest absolute Gasteiger partial charge is 0.412 e. The Labute approximate surface area is 72.0 Å². The van der Waals surface area contributed by atoms with Crippen LogP contribution in [0, 0.1) is 17.8 Å². The molecule has 1 nitrogen and oxygen atoms in total. The topological polar surface area (TPSA) is 31.5 Å². The third kappa shape index (κ3) is 2.82. The van der Waals surface area contributed by atoms with Crippen LogP contribution in [0.25, 0.3) is 0 Å². The standard InChI is InChI=1S/C10H20.H2O.H2/c1-4-10-6-5-8(2)7-9(10)3;;/h8-10H,4-7H2,1-3H3;1H2;1H. The molecule has 1 fully saturated rings. The first-order chi connectivity index (χ1) is 4.74. The molecule has 0 aromatic heterocycles. The number of hydrogen-bond donors (Lipinski definition) is 0. The second kappa shape index (κ2) is 4.76. The van der Waals surface area contributed by atoms with Gasteiger partial charge >= 0.3 is 0 Å². The van der Waals surface area contributed by atoms with Crippen LogP contribution in [-0.2, 0) is 0 Å². The van der Waals surface area contributed by atoms with Crippen molar-refractivity contribution >= 4 is 0 Å². The highest BCUT2D eigenvalue weighted by molar-refractivity contribution is 4.74. The Morgan fingerprint density at radius 1 is 1.27 bits per heavy atom. The molecule has 1 rings (SSSR count). The smallest absolute Gasteiger partial charge is 0 e. The van der Waals surface area contributed by atoms with E-state index in [9.17, 15) is 0 Å². The molecule has 0 bridgehead atoms. The fraction of sp³-hybridized carbons (Fsp3) is 1.00. The Morgan fingerprint density at radius 3 is 2.36 bits per heavy atom. The maximum Gasteiger partial charge on any atom is 0 e. The lowest BCUT2D eigenvalue weighted by Gasteiger charge is -2.31. The first kappa shape index (κ1) is 11.0. The van der Waals surface area contributed by atoms with Crippen LogP contribution >= 0.6 is 0 Å². The van der Waals surface area contributed by atoms with Crippen molar-refractivity contribution in [1.82, 2.24) is 0 Å². The van der Waals surface area contributed by atoms with Crippen molar-refractivity contribution in [3.05, 3.63) is 0 Å². The summed E-state index contributed by atoms with van der Waals surface area (Å²) in [6.45, 7) is 7.14. The zero-order chi connectivity index (χ0) is 7.56. The summed E-state index contributed by atoms with van der Waals surface area (Å²) >= 11 is 0. The van der Waals surface area contributed by atoms with Gasteiger partial charge in [0.05, 0.1) is 0 Å². The van der Waals surface area contributed by atoms with Gasteiger partial charge in [0.1, 0.15) is 0 Å². The SMILES string of the molecule is CCC1CCC(C)CC1C.O.[HH]. The monoisotopic (exact) mass is 160 g/mol. The zero-order valence-electron chi connectivity index (χ0n) is 8.06. The molecule has 0 aromatic rings. The predicted molar refractivity (Wildman–Crippen MR) is 51.7 cm³/mol. The van der Waals surface area contributed by atoms with Gasteiger partial charge in [-0.05, 0) is 30.6 Å². The Kier molecular flexibility index (Phi) is 4.74. The summed E-state index contributed by atoms with van der Waals surface area (Å²) in [5.41, 5.74) is 0. The Morgan fingerprint density at radius 2 is 1.91 bits per heavy atom. The first-order valence-electron chi connectivity index (χ1n) is 4.74. The molecule has 0 radical (unpaired) electrons. The van der Waals surface area contributed by atoms with Crippen LogP contribution in [-0.4, -0.2) is 5.48 Å². The van der Waals surface area contributed by atoms with E-state index in [4.69, 9.17) is 0 Å². The van der Waals surface area contributed by atoms with Crippen LogP contribution in [0.4, 0.5) is 0 Å². The number of hydrogen-bond acceptors (Lipinski definition) is 0. The van der Waals surface area contributed by atoms with E-state index in [2.05, 4.69) is 20.8 Å². The maximum atomic E-state index is 2.42. The van der Waals surface area contributed by atoms with Crippen LogP contribution < -0.4 is 0 Å². The van der Waals surface area contributed by atoms with Crippen molar-refractivity contribution in [3.8, 4) is 0 Å². The lowest BCUT2D eigenvalue weighted by molar-refractivity contribution is 0.200. The van der Waals surface area contributed by atoms with E-state index in [1.54, 1.807) is 0 Å². The lowest BCUT2D eigenvalue weighted by atomic mass is 9.75. The fourth-order valence-corrected chi connectivity index (χ4v) is 2.33. The molecule has 2 N–H and O–H groups in total. The minimum atomic E-state index is 0. The van der Waals surface area contributed by atoms with E-state index in [1.807, 2.05) is 0 Å².